The summed E-state index contributed by atoms with van der Waals surface area (Å²) in [6.45, 7) is 0. The van der Waals surface area contributed by atoms with E-state index in [-0.39, 0.29) is 11.7 Å². The predicted octanol–water partition coefficient (Wildman–Crippen LogP) is 1.36. The molecule has 0 bridgehead atoms. The molecule has 0 spiro atoms. The molecule has 0 radical (unpaired) electrons. The molecule has 0 aromatic carbocycles. The Bertz CT molecular complexity index is 493. The summed E-state index contributed by atoms with van der Waals surface area (Å²) in [4.78, 5) is 16.3. The second kappa shape index (κ2) is 3.26. The van der Waals surface area contributed by atoms with Gasteiger partial charge in [-0.15, -0.1) is 11.3 Å². The van der Waals surface area contributed by atoms with Crippen molar-refractivity contribution < 1.29 is 9.90 Å². The fourth-order valence-electron chi connectivity index (χ4n) is 1.19. The van der Waals surface area contributed by atoms with Crippen LogP contribution in [-0.2, 0) is 0 Å². The molecule has 0 aliphatic heterocycles. The van der Waals surface area contributed by atoms with Gasteiger partial charge in [0.2, 0.25) is 0 Å². The first kappa shape index (κ1) is 8.96. The topological polar surface area (TPSA) is 62.2 Å². The normalized spacial score (nSPS) is 10.4. The number of amides is 1. The minimum atomic E-state index is -0.287. The molecule has 2 aromatic rings. The molecule has 0 aliphatic carbocycles. The van der Waals surface area contributed by atoms with Gasteiger partial charge >= 0.3 is 0 Å². The Hall–Kier alpha value is -1.62. The van der Waals surface area contributed by atoms with Gasteiger partial charge in [-0.2, -0.15) is 0 Å². The van der Waals surface area contributed by atoms with Gasteiger partial charge in [-0.3, -0.25) is 4.79 Å². The van der Waals surface area contributed by atoms with E-state index < -0.39 is 0 Å². The highest BCUT2D eigenvalue weighted by atomic mass is 32.1. The van der Waals surface area contributed by atoms with Crippen LogP contribution in [0.2, 0.25) is 0 Å². The summed E-state index contributed by atoms with van der Waals surface area (Å²) in [5.74, 6) is -0.275. The molecule has 72 valence electrons. The number of pyridine rings is 1. The van der Waals surface area contributed by atoms with Crippen LogP contribution >= 0.6 is 11.3 Å². The van der Waals surface area contributed by atoms with Crippen molar-refractivity contribution in [2.24, 2.45) is 0 Å². The van der Waals surface area contributed by atoms with Crippen LogP contribution in [-0.4, -0.2) is 23.0 Å². The molecule has 0 saturated heterocycles. The van der Waals surface area contributed by atoms with Gasteiger partial charge in [0.25, 0.3) is 5.91 Å². The standard InChI is InChI=1S/C9H8N2O2S/c1-10-8(13)7-6(12)5-3-2-4-11-9(5)14-7/h2-4,12H,1H3,(H,10,13). The largest absolute Gasteiger partial charge is 0.506 e. The smallest absolute Gasteiger partial charge is 0.265 e. The van der Waals surface area contributed by atoms with Crippen molar-refractivity contribution in [1.82, 2.24) is 10.3 Å². The zero-order valence-electron chi connectivity index (χ0n) is 7.44. The van der Waals surface area contributed by atoms with Gasteiger partial charge in [0.15, 0.2) is 0 Å². The Morgan fingerprint density at radius 3 is 3.07 bits per heavy atom. The molecule has 2 N–H and O–H groups in total. The molecule has 5 heteroatoms. The molecule has 14 heavy (non-hydrogen) atoms. The second-order valence-corrected chi connectivity index (χ2v) is 3.71. The van der Waals surface area contributed by atoms with Gasteiger partial charge in [0, 0.05) is 13.2 Å². The Balaban J connectivity index is 2.68. The third-order valence-electron chi connectivity index (χ3n) is 1.87. The number of aromatic hydroxyl groups is 1. The summed E-state index contributed by atoms with van der Waals surface area (Å²) in [6.07, 6.45) is 1.63. The SMILES string of the molecule is CNC(=O)c1sc2ncccc2c1O. The molecular formula is C9H8N2O2S. The van der Waals surface area contributed by atoms with E-state index in [1.165, 1.54) is 18.4 Å². The molecule has 0 atom stereocenters. The average Bonchev–Trinajstić information content (AvgIpc) is 2.56. The Morgan fingerprint density at radius 2 is 2.43 bits per heavy atom. The fourth-order valence-corrected chi connectivity index (χ4v) is 2.17. The van der Waals surface area contributed by atoms with Gasteiger partial charge in [-0.05, 0) is 12.1 Å². The highest BCUT2D eigenvalue weighted by molar-refractivity contribution is 7.20. The van der Waals surface area contributed by atoms with E-state index in [2.05, 4.69) is 10.3 Å². The van der Waals surface area contributed by atoms with Gasteiger partial charge < -0.3 is 10.4 Å². The van der Waals surface area contributed by atoms with E-state index in [9.17, 15) is 9.90 Å². The van der Waals surface area contributed by atoms with Gasteiger partial charge in [0.05, 0.1) is 5.39 Å². The predicted molar refractivity (Wildman–Crippen MR) is 54.7 cm³/mol. The van der Waals surface area contributed by atoms with Crippen LogP contribution in [0.1, 0.15) is 9.67 Å². The lowest BCUT2D eigenvalue weighted by Gasteiger charge is -1.94. The molecule has 2 heterocycles. The van der Waals surface area contributed by atoms with Gasteiger partial charge in [-0.1, -0.05) is 0 Å². The third-order valence-corrected chi connectivity index (χ3v) is 2.97. The molecule has 4 nitrogen and oxygen atoms in total. The third kappa shape index (κ3) is 1.22. The summed E-state index contributed by atoms with van der Waals surface area (Å²) < 4.78 is 0. The van der Waals surface area contributed by atoms with Crippen LogP contribution in [0.4, 0.5) is 0 Å². The van der Waals surface area contributed by atoms with Crippen molar-refractivity contribution in [3.63, 3.8) is 0 Å². The van der Waals surface area contributed by atoms with Crippen LogP contribution in [0.15, 0.2) is 18.3 Å². The highest BCUT2D eigenvalue weighted by Crippen LogP contribution is 2.34. The zero-order valence-corrected chi connectivity index (χ0v) is 8.26. The first-order valence-electron chi connectivity index (χ1n) is 4.02. The maximum absolute atomic E-state index is 11.3. The van der Waals surface area contributed by atoms with Crippen LogP contribution in [0.5, 0.6) is 5.75 Å². The molecule has 0 fully saturated rings. The molecule has 2 rings (SSSR count). The summed E-state index contributed by atoms with van der Waals surface area (Å²) in [5, 5.41) is 12.8. The first-order chi connectivity index (χ1) is 6.74. The zero-order chi connectivity index (χ0) is 10.1. The lowest BCUT2D eigenvalue weighted by molar-refractivity contribution is 0.0965. The number of nitrogens with zero attached hydrogens (tertiary/aromatic N) is 1. The van der Waals surface area contributed by atoms with Crippen molar-refractivity contribution >= 4 is 27.5 Å². The van der Waals surface area contributed by atoms with E-state index in [1.807, 2.05) is 0 Å². The number of carbonyl (C=O) groups is 1. The highest BCUT2D eigenvalue weighted by Gasteiger charge is 2.16. The Morgan fingerprint density at radius 1 is 1.64 bits per heavy atom. The minimum absolute atomic E-state index is 0.0115. The monoisotopic (exact) mass is 208 g/mol. The number of aromatic nitrogens is 1. The second-order valence-electron chi connectivity index (χ2n) is 2.72. The number of carbonyl (C=O) groups excluding carboxylic acids is 1. The number of hydrogen-bond acceptors (Lipinski definition) is 4. The summed E-state index contributed by atoms with van der Waals surface area (Å²) in [6, 6.07) is 3.46. The molecule has 2 aromatic heterocycles. The molecule has 0 saturated carbocycles. The number of thiophene rings is 1. The van der Waals surface area contributed by atoms with E-state index in [1.54, 1.807) is 18.3 Å². The maximum Gasteiger partial charge on any atom is 0.265 e. The number of nitrogens with one attached hydrogen (secondary N) is 1. The quantitative estimate of drug-likeness (QED) is 0.743. The number of fused-ring (bicyclic) bond motifs is 1. The van der Waals surface area contributed by atoms with Crippen LogP contribution in [0.25, 0.3) is 10.2 Å². The van der Waals surface area contributed by atoms with Crippen molar-refractivity contribution in [3.05, 3.63) is 23.2 Å². The number of rotatable bonds is 1. The van der Waals surface area contributed by atoms with Gasteiger partial charge in [0.1, 0.15) is 15.5 Å². The lowest BCUT2D eigenvalue weighted by atomic mass is 10.3. The van der Waals surface area contributed by atoms with Crippen LogP contribution in [0.3, 0.4) is 0 Å². The van der Waals surface area contributed by atoms with Crippen molar-refractivity contribution in [3.8, 4) is 5.75 Å². The van der Waals surface area contributed by atoms with Crippen LogP contribution in [0, 0.1) is 0 Å². The van der Waals surface area contributed by atoms with Crippen molar-refractivity contribution in [2.45, 2.75) is 0 Å². The van der Waals surface area contributed by atoms with Crippen molar-refractivity contribution in [1.29, 1.82) is 0 Å². The first-order valence-corrected chi connectivity index (χ1v) is 4.84. The molecule has 0 unspecified atom stereocenters. The Labute approximate surface area is 84.2 Å². The van der Waals surface area contributed by atoms with E-state index >= 15 is 0 Å². The Kier molecular flexibility index (Phi) is 2.09. The summed E-state index contributed by atoms with van der Waals surface area (Å²) >= 11 is 1.18. The lowest BCUT2D eigenvalue weighted by Crippen LogP contribution is -2.16. The average molecular weight is 208 g/mol. The van der Waals surface area contributed by atoms with Gasteiger partial charge in [-0.25, -0.2) is 4.98 Å². The van der Waals surface area contributed by atoms with E-state index in [4.69, 9.17) is 0 Å². The van der Waals surface area contributed by atoms with E-state index in [0.29, 0.717) is 15.1 Å². The number of hydrogen-bond donors (Lipinski definition) is 2. The minimum Gasteiger partial charge on any atom is -0.506 e. The molecule has 1 amide bonds. The fraction of sp³-hybridized carbons (Fsp3) is 0.111. The van der Waals surface area contributed by atoms with Crippen molar-refractivity contribution in [2.75, 3.05) is 7.05 Å². The maximum atomic E-state index is 11.3. The molecular weight excluding hydrogens is 200 g/mol. The molecule has 0 aliphatic rings. The van der Waals surface area contributed by atoms with E-state index in [0.717, 1.165) is 0 Å². The summed E-state index contributed by atoms with van der Waals surface area (Å²) in [7, 11) is 1.53. The van der Waals surface area contributed by atoms with Crippen LogP contribution < -0.4 is 5.32 Å². The summed E-state index contributed by atoms with van der Waals surface area (Å²) in [5.41, 5.74) is 0.